The second kappa shape index (κ2) is 9.75. The molecule has 168 valence electrons. The molecule has 0 saturated heterocycles. The summed E-state index contributed by atoms with van der Waals surface area (Å²) in [6.45, 7) is 0.738. The van der Waals surface area contributed by atoms with Crippen LogP contribution >= 0.6 is 0 Å². The van der Waals surface area contributed by atoms with Gasteiger partial charge in [0.25, 0.3) is 0 Å². The van der Waals surface area contributed by atoms with Crippen LogP contribution in [-0.2, 0) is 11.2 Å². The number of fused-ring (bicyclic) bond motifs is 3. The largest absolute Gasteiger partial charge is 0.448 e. The van der Waals surface area contributed by atoms with Crippen LogP contribution in [0.25, 0.3) is 11.1 Å². The average molecular weight is 448 g/mol. The predicted octanol–water partition coefficient (Wildman–Crippen LogP) is 6.50. The van der Waals surface area contributed by atoms with Gasteiger partial charge < -0.3 is 4.74 Å². The van der Waals surface area contributed by atoms with Crippen molar-refractivity contribution < 1.29 is 14.3 Å². The van der Waals surface area contributed by atoms with Crippen molar-refractivity contribution in [2.45, 2.75) is 12.3 Å². The zero-order chi connectivity index (χ0) is 23.3. The van der Waals surface area contributed by atoms with E-state index in [0.717, 1.165) is 11.8 Å². The molecule has 4 heteroatoms. The van der Waals surface area contributed by atoms with Gasteiger partial charge in [0.2, 0.25) is 0 Å². The van der Waals surface area contributed by atoms with E-state index in [1.807, 2.05) is 54.6 Å². The average Bonchev–Trinajstić information content (AvgIpc) is 3.22. The molecule has 4 aromatic rings. The first-order chi connectivity index (χ1) is 16.7. The van der Waals surface area contributed by atoms with Crippen molar-refractivity contribution in [1.82, 2.24) is 0 Å². The van der Waals surface area contributed by atoms with E-state index in [4.69, 9.17) is 4.74 Å². The van der Waals surface area contributed by atoms with E-state index in [1.54, 1.807) is 29.2 Å². The van der Waals surface area contributed by atoms with Crippen molar-refractivity contribution in [3.8, 4) is 11.1 Å². The number of amides is 1. The maximum atomic E-state index is 13.3. The van der Waals surface area contributed by atoms with E-state index in [-0.39, 0.29) is 12.5 Å². The van der Waals surface area contributed by atoms with Crippen LogP contribution in [0.1, 0.15) is 33.0 Å². The number of anilines is 1. The second-order valence-electron chi connectivity index (χ2n) is 8.40. The molecule has 0 fully saturated rings. The van der Waals surface area contributed by atoms with Crippen molar-refractivity contribution in [2.75, 3.05) is 18.1 Å². The Morgan fingerprint density at radius 3 is 1.97 bits per heavy atom. The third-order valence-electron chi connectivity index (χ3n) is 6.36. The standard InChI is InChI=1S/C30H25NO3/c32-20-23-14-16-24(17-15-23)31(19-18-22-8-2-1-3-9-22)30(33)34-21-29-27-12-6-4-10-25(27)26-11-5-7-13-28(26)29/h1-17,20,29H,18-19,21H2. The van der Waals surface area contributed by atoms with E-state index < -0.39 is 6.09 Å². The zero-order valence-corrected chi connectivity index (χ0v) is 18.8. The summed E-state index contributed by atoms with van der Waals surface area (Å²) in [5, 5.41) is 0. The molecular weight excluding hydrogens is 422 g/mol. The minimum Gasteiger partial charge on any atom is -0.448 e. The Balaban J connectivity index is 1.36. The van der Waals surface area contributed by atoms with Crippen LogP contribution < -0.4 is 4.90 Å². The van der Waals surface area contributed by atoms with Gasteiger partial charge in [-0.2, -0.15) is 0 Å². The van der Waals surface area contributed by atoms with Gasteiger partial charge in [0.05, 0.1) is 0 Å². The highest BCUT2D eigenvalue weighted by Crippen LogP contribution is 2.44. The summed E-state index contributed by atoms with van der Waals surface area (Å²) in [4.78, 5) is 26.1. The van der Waals surface area contributed by atoms with Gasteiger partial charge in [0.1, 0.15) is 12.9 Å². The minimum atomic E-state index is -0.392. The molecule has 0 heterocycles. The van der Waals surface area contributed by atoms with Crippen molar-refractivity contribution >= 4 is 18.1 Å². The first-order valence-electron chi connectivity index (χ1n) is 11.5. The molecule has 0 spiro atoms. The summed E-state index contributed by atoms with van der Waals surface area (Å²) in [5.74, 6) is 0.00441. The molecule has 1 amide bonds. The van der Waals surface area contributed by atoms with Gasteiger partial charge >= 0.3 is 6.09 Å². The van der Waals surface area contributed by atoms with Crippen LogP contribution in [-0.4, -0.2) is 25.5 Å². The summed E-state index contributed by atoms with van der Waals surface area (Å²) >= 11 is 0. The number of hydrogen-bond donors (Lipinski definition) is 0. The predicted molar refractivity (Wildman–Crippen MR) is 134 cm³/mol. The molecule has 34 heavy (non-hydrogen) atoms. The summed E-state index contributed by atoms with van der Waals surface area (Å²) < 4.78 is 5.92. The fourth-order valence-electron chi connectivity index (χ4n) is 4.62. The smallest absolute Gasteiger partial charge is 0.414 e. The Hall–Kier alpha value is -4.18. The normalized spacial score (nSPS) is 12.0. The topological polar surface area (TPSA) is 46.6 Å². The molecule has 5 rings (SSSR count). The van der Waals surface area contributed by atoms with Gasteiger partial charge in [-0.3, -0.25) is 9.69 Å². The number of hydrogen-bond acceptors (Lipinski definition) is 3. The molecular formula is C30H25NO3. The summed E-state index contributed by atoms with van der Waals surface area (Å²) in [5.41, 5.74) is 7.18. The Labute approximate surface area is 199 Å². The lowest BCUT2D eigenvalue weighted by Crippen LogP contribution is -2.34. The van der Waals surface area contributed by atoms with Crippen LogP contribution in [0.15, 0.2) is 103 Å². The molecule has 0 radical (unpaired) electrons. The Morgan fingerprint density at radius 1 is 0.765 bits per heavy atom. The molecule has 1 aliphatic carbocycles. The molecule has 0 N–H and O–H groups in total. The number of carbonyl (C=O) groups is 2. The highest BCUT2D eigenvalue weighted by molar-refractivity contribution is 5.88. The minimum absolute atomic E-state index is 0.00441. The molecule has 0 saturated carbocycles. The van der Waals surface area contributed by atoms with Crippen LogP contribution in [0.5, 0.6) is 0 Å². The van der Waals surface area contributed by atoms with Gasteiger partial charge in [-0.15, -0.1) is 0 Å². The van der Waals surface area contributed by atoms with E-state index in [0.29, 0.717) is 24.2 Å². The number of carbonyl (C=O) groups excluding carboxylic acids is 2. The molecule has 0 atom stereocenters. The van der Waals surface area contributed by atoms with Crippen LogP contribution in [0.2, 0.25) is 0 Å². The van der Waals surface area contributed by atoms with Crippen molar-refractivity contribution in [1.29, 1.82) is 0 Å². The lowest BCUT2D eigenvalue weighted by molar-refractivity contribution is 0.112. The SMILES string of the molecule is O=Cc1ccc(N(CCc2ccccc2)C(=O)OCC2c3ccccc3-c3ccccc32)cc1. The monoisotopic (exact) mass is 447 g/mol. The lowest BCUT2D eigenvalue weighted by Gasteiger charge is -2.24. The first-order valence-corrected chi connectivity index (χ1v) is 11.5. The first kappa shape index (κ1) is 21.7. The summed E-state index contributed by atoms with van der Waals surface area (Å²) in [6.07, 6.45) is 1.10. The van der Waals surface area contributed by atoms with Gasteiger partial charge in [-0.05, 0) is 58.5 Å². The van der Waals surface area contributed by atoms with Gasteiger partial charge in [0, 0.05) is 23.7 Å². The van der Waals surface area contributed by atoms with Crippen LogP contribution in [0.4, 0.5) is 10.5 Å². The van der Waals surface area contributed by atoms with Gasteiger partial charge in [0.15, 0.2) is 0 Å². The Morgan fingerprint density at radius 2 is 1.35 bits per heavy atom. The molecule has 0 unspecified atom stereocenters. The number of benzene rings is 4. The van der Waals surface area contributed by atoms with Crippen LogP contribution in [0.3, 0.4) is 0 Å². The zero-order valence-electron chi connectivity index (χ0n) is 18.8. The van der Waals surface area contributed by atoms with E-state index in [2.05, 4.69) is 24.3 Å². The summed E-state index contributed by atoms with van der Waals surface area (Å²) in [7, 11) is 0. The van der Waals surface area contributed by atoms with Crippen LogP contribution in [0, 0.1) is 0 Å². The highest BCUT2D eigenvalue weighted by Gasteiger charge is 2.30. The third-order valence-corrected chi connectivity index (χ3v) is 6.36. The molecule has 4 nitrogen and oxygen atoms in total. The van der Waals surface area contributed by atoms with Crippen molar-refractivity contribution in [3.05, 3.63) is 125 Å². The second-order valence-corrected chi connectivity index (χ2v) is 8.40. The molecule has 0 bridgehead atoms. The Bertz CT molecular complexity index is 1250. The molecule has 0 aromatic heterocycles. The third kappa shape index (κ3) is 4.35. The van der Waals surface area contributed by atoms with E-state index >= 15 is 0 Å². The number of nitrogens with zero attached hydrogens (tertiary/aromatic N) is 1. The van der Waals surface area contributed by atoms with Crippen molar-refractivity contribution in [3.63, 3.8) is 0 Å². The highest BCUT2D eigenvalue weighted by atomic mass is 16.6. The maximum absolute atomic E-state index is 13.3. The number of ether oxygens (including phenoxy) is 1. The van der Waals surface area contributed by atoms with E-state index in [1.165, 1.54) is 22.3 Å². The summed E-state index contributed by atoms with van der Waals surface area (Å²) in [6, 6.07) is 33.7. The number of rotatable bonds is 7. The fourth-order valence-corrected chi connectivity index (χ4v) is 4.62. The Kier molecular flexibility index (Phi) is 6.21. The lowest BCUT2D eigenvalue weighted by atomic mass is 9.98. The number of aldehydes is 1. The van der Waals surface area contributed by atoms with Gasteiger partial charge in [-0.25, -0.2) is 4.79 Å². The van der Waals surface area contributed by atoms with Gasteiger partial charge in [-0.1, -0.05) is 78.9 Å². The maximum Gasteiger partial charge on any atom is 0.414 e. The molecule has 4 aromatic carbocycles. The van der Waals surface area contributed by atoms with Crippen molar-refractivity contribution in [2.24, 2.45) is 0 Å². The van der Waals surface area contributed by atoms with E-state index in [9.17, 15) is 9.59 Å². The quantitative estimate of drug-likeness (QED) is 0.304. The fraction of sp³-hybridized carbons (Fsp3) is 0.133. The molecule has 1 aliphatic rings. The molecule has 0 aliphatic heterocycles.